The fourth-order valence-corrected chi connectivity index (χ4v) is 1.98. The van der Waals surface area contributed by atoms with Crippen molar-refractivity contribution in [2.45, 2.75) is 13.8 Å². The van der Waals surface area contributed by atoms with Gasteiger partial charge in [0.2, 0.25) is 0 Å². The number of carbonyl (C=O) groups excluding carboxylic acids is 1. The van der Waals surface area contributed by atoms with E-state index in [9.17, 15) is 4.79 Å². The van der Waals surface area contributed by atoms with Crippen LogP contribution in [0.1, 0.15) is 22.8 Å². The molecule has 0 saturated carbocycles. The van der Waals surface area contributed by atoms with Crippen molar-refractivity contribution < 1.29 is 4.79 Å². The van der Waals surface area contributed by atoms with Gasteiger partial charge < -0.3 is 0 Å². The van der Waals surface area contributed by atoms with Crippen LogP contribution in [0.3, 0.4) is 0 Å². The molecule has 0 radical (unpaired) electrons. The van der Waals surface area contributed by atoms with Crippen molar-refractivity contribution in [2.24, 2.45) is 0 Å². The number of ketones is 1. The van der Waals surface area contributed by atoms with E-state index in [1.54, 1.807) is 6.92 Å². The molecule has 22 heavy (non-hydrogen) atoms. The van der Waals surface area contributed by atoms with Crippen LogP contribution in [0, 0.1) is 6.92 Å². The molecule has 3 rings (SSSR count). The van der Waals surface area contributed by atoms with Gasteiger partial charge in [0.05, 0.1) is 5.69 Å². The van der Waals surface area contributed by atoms with E-state index in [-0.39, 0.29) is 5.78 Å². The quantitative estimate of drug-likeness (QED) is 0.625. The fourth-order valence-electron chi connectivity index (χ4n) is 1.98. The Kier molecular flexibility index (Phi) is 5.61. The lowest BCUT2D eigenvalue weighted by Crippen LogP contribution is -1.88. The van der Waals surface area contributed by atoms with Crippen molar-refractivity contribution in [2.75, 3.05) is 0 Å². The Morgan fingerprint density at radius 2 is 1.45 bits per heavy atom. The maximum absolute atomic E-state index is 10.6. The molecule has 0 saturated heterocycles. The van der Waals surface area contributed by atoms with Gasteiger partial charge in [0.25, 0.3) is 0 Å². The minimum absolute atomic E-state index is 0.121. The number of aryl methyl sites for hydroxylation is 1. The van der Waals surface area contributed by atoms with E-state index in [1.807, 2.05) is 60.8 Å². The first-order valence-corrected chi connectivity index (χ1v) is 7.21. The monoisotopic (exact) mass is 289 g/mol. The first-order valence-electron chi connectivity index (χ1n) is 7.21. The van der Waals surface area contributed by atoms with Gasteiger partial charge >= 0.3 is 0 Å². The van der Waals surface area contributed by atoms with Crippen LogP contribution < -0.4 is 0 Å². The van der Waals surface area contributed by atoms with Gasteiger partial charge in [-0.25, -0.2) is 0 Å². The van der Waals surface area contributed by atoms with Crippen LogP contribution in [0.4, 0.5) is 0 Å². The highest BCUT2D eigenvalue weighted by Crippen LogP contribution is 2.16. The second kappa shape index (κ2) is 7.89. The summed E-state index contributed by atoms with van der Waals surface area (Å²) in [4.78, 5) is 15.0. The molecule has 110 valence electrons. The summed E-state index contributed by atoms with van der Waals surface area (Å²) in [6.07, 6.45) is 1.84. The molecule has 3 aromatic rings. The fraction of sp³-hybridized carbons (Fsp3) is 0.100. The van der Waals surface area contributed by atoms with E-state index < -0.39 is 0 Å². The van der Waals surface area contributed by atoms with Crippen LogP contribution >= 0.6 is 0 Å². The Hall–Kier alpha value is -2.74. The number of aromatic nitrogens is 1. The predicted octanol–water partition coefficient (Wildman–Crippen LogP) is 4.95. The summed E-state index contributed by atoms with van der Waals surface area (Å²) < 4.78 is 0. The van der Waals surface area contributed by atoms with E-state index in [0.29, 0.717) is 0 Å². The third kappa shape index (κ3) is 4.67. The van der Waals surface area contributed by atoms with Crippen molar-refractivity contribution in [3.05, 3.63) is 90.1 Å². The topological polar surface area (TPSA) is 30.0 Å². The summed E-state index contributed by atoms with van der Waals surface area (Å²) >= 11 is 0. The van der Waals surface area contributed by atoms with Gasteiger partial charge in [0.1, 0.15) is 0 Å². The van der Waals surface area contributed by atoms with Crippen LogP contribution in [0.15, 0.2) is 79.0 Å². The molecule has 0 aliphatic rings. The highest BCUT2D eigenvalue weighted by Gasteiger charge is 1.96. The molecule has 0 aliphatic heterocycles. The van der Waals surface area contributed by atoms with Crippen molar-refractivity contribution in [3.63, 3.8) is 0 Å². The van der Waals surface area contributed by atoms with Gasteiger partial charge in [0.15, 0.2) is 5.78 Å². The van der Waals surface area contributed by atoms with E-state index in [1.165, 1.54) is 11.1 Å². The first kappa shape index (κ1) is 15.6. The minimum Gasteiger partial charge on any atom is -0.295 e. The number of benzene rings is 2. The highest BCUT2D eigenvalue weighted by atomic mass is 16.1. The van der Waals surface area contributed by atoms with E-state index in [2.05, 4.69) is 30.1 Å². The van der Waals surface area contributed by atoms with Crippen molar-refractivity contribution >= 4 is 5.78 Å². The van der Waals surface area contributed by atoms with E-state index >= 15 is 0 Å². The smallest absolute Gasteiger partial charge is 0.159 e. The predicted molar refractivity (Wildman–Crippen MR) is 90.9 cm³/mol. The van der Waals surface area contributed by atoms with Crippen LogP contribution in [0.25, 0.3) is 11.3 Å². The van der Waals surface area contributed by atoms with Gasteiger partial charge in [0, 0.05) is 17.3 Å². The number of hydrogen-bond donors (Lipinski definition) is 0. The molecule has 2 aromatic carbocycles. The molecule has 2 nitrogen and oxygen atoms in total. The molecule has 0 fully saturated rings. The number of nitrogens with zero attached hydrogens (tertiary/aromatic N) is 1. The highest BCUT2D eigenvalue weighted by molar-refractivity contribution is 5.93. The normalized spacial score (nSPS) is 9.55. The number of hydrogen-bond acceptors (Lipinski definition) is 2. The first-order chi connectivity index (χ1) is 10.7. The lowest BCUT2D eigenvalue weighted by atomic mass is 10.1. The molecular formula is C20H19NO. The Morgan fingerprint density at radius 3 is 1.95 bits per heavy atom. The number of Topliss-reactive ketones (excluding diaryl/α,β-unsaturated/α-hetero) is 1. The second-order valence-electron chi connectivity index (χ2n) is 5.01. The van der Waals surface area contributed by atoms with Crippen molar-refractivity contribution in [1.29, 1.82) is 0 Å². The Balaban J connectivity index is 0.000000172. The number of pyridine rings is 1. The molecule has 0 atom stereocenters. The maximum Gasteiger partial charge on any atom is 0.159 e. The molecular weight excluding hydrogens is 270 g/mol. The zero-order chi connectivity index (χ0) is 15.8. The SMILES string of the molecule is CC(=O)c1ccccc1.Cc1ccnc(-c2ccccc2)c1. The van der Waals surface area contributed by atoms with Gasteiger partial charge in [-0.15, -0.1) is 0 Å². The molecule has 0 unspecified atom stereocenters. The third-order valence-corrected chi connectivity index (χ3v) is 3.17. The summed E-state index contributed by atoms with van der Waals surface area (Å²) in [5.41, 5.74) is 4.23. The average Bonchev–Trinajstić information content (AvgIpc) is 2.57. The average molecular weight is 289 g/mol. The van der Waals surface area contributed by atoms with Crippen LogP contribution in [-0.2, 0) is 0 Å². The lowest BCUT2D eigenvalue weighted by molar-refractivity contribution is 0.101. The molecule has 2 heteroatoms. The standard InChI is InChI=1S/C12H11N.C8H8O/c1-10-7-8-13-12(9-10)11-5-3-2-4-6-11;1-7(9)8-5-3-2-4-6-8/h2-9H,1H3;2-6H,1H3. The molecule has 0 amide bonds. The summed E-state index contributed by atoms with van der Waals surface area (Å²) in [6.45, 7) is 3.64. The number of carbonyl (C=O) groups is 1. The Morgan fingerprint density at radius 1 is 0.864 bits per heavy atom. The van der Waals surface area contributed by atoms with Crippen molar-refractivity contribution in [3.8, 4) is 11.3 Å². The summed E-state index contributed by atoms with van der Waals surface area (Å²) in [5, 5.41) is 0. The second-order valence-corrected chi connectivity index (χ2v) is 5.01. The third-order valence-electron chi connectivity index (χ3n) is 3.17. The largest absolute Gasteiger partial charge is 0.295 e. The van der Waals surface area contributed by atoms with Crippen molar-refractivity contribution in [1.82, 2.24) is 4.98 Å². The Bertz CT molecular complexity index is 721. The molecule has 0 spiro atoms. The van der Waals surface area contributed by atoms with E-state index in [4.69, 9.17) is 0 Å². The van der Waals surface area contributed by atoms with Crippen LogP contribution in [0.2, 0.25) is 0 Å². The summed E-state index contributed by atoms with van der Waals surface area (Å²) in [7, 11) is 0. The van der Waals surface area contributed by atoms with Crippen LogP contribution in [-0.4, -0.2) is 10.8 Å². The maximum atomic E-state index is 10.6. The van der Waals surface area contributed by atoms with Gasteiger partial charge in [-0.05, 0) is 31.5 Å². The zero-order valence-corrected chi connectivity index (χ0v) is 12.9. The van der Waals surface area contributed by atoms with Gasteiger partial charge in [-0.1, -0.05) is 60.7 Å². The minimum atomic E-state index is 0.121. The van der Waals surface area contributed by atoms with E-state index in [0.717, 1.165) is 11.3 Å². The summed E-state index contributed by atoms with van der Waals surface area (Å²) in [6, 6.07) is 23.5. The van der Waals surface area contributed by atoms with Gasteiger partial charge in [-0.2, -0.15) is 0 Å². The molecule has 1 aromatic heterocycles. The summed E-state index contributed by atoms with van der Waals surface area (Å²) in [5.74, 6) is 0.121. The van der Waals surface area contributed by atoms with Gasteiger partial charge in [-0.3, -0.25) is 9.78 Å². The molecule has 0 aliphatic carbocycles. The molecule has 0 N–H and O–H groups in total. The molecule has 0 bridgehead atoms. The lowest BCUT2D eigenvalue weighted by Gasteiger charge is -2.00. The zero-order valence-electron chi connectivity index (χ0n) is 12.9. The number of rotatable bonds is 2. The Labute approximate surface area is 131 Å². The molecule has 1 heterocycles. The van der Waals surface area contributed by atoms with Crippen LogP contribution in [0.5, 0.6) is 0 Å².